The molecule has 3 heteroatoms. The lowest BCUT2D eigenvalue weighted by Crippen LogP contribution is -2.36. The van der Waals surface area contributed by atoms with Crippen molar-refractivity contribution < 1.29 is 14.6 Å². The second-order valence-electron chi connectivity index (χ2n) is 3.80. The lowest BCUT2D eigenvalue weighted by atomic mass is 9.99. The van der Waals surface area contributed by atoms with E-state index in [0.717, 1.165) is 0 Å². The van der Waals surface area contributed by atoms with E-state index in [-0.39, 0.29) is 12.2 Å². The molecule has 2 aliphatic rings. The largest absolute Gasteiger partial charge is 0.390 e. The molecule has 1 aliphatic carbocycles. The van der Waals surface area contributed by atoms with Gasteiger partial charge in [-0.25, -0.2) is 0 Å². The predicted octanol–water partition coefficient (Wildman–Crippen LogP) is 0.827. The second-order valence-corrected chi connectivity index (χ2v) is 3.80. The molecule has 0 aromatic rings. The van der Waals surface area contributed by atoms with Gasteiger partial charge in [-0.05, 0) is 20.3 Å². The molecule has 12 heavy (non-hydrogen) atoms. The van der Waals surface area contributed by atoms with Gasteiger partial charge in [0.05, 0.1) is 6.10 Å². The molecule has 0 bridgehead atoms. The standard InChI is InChI=1S/C9H14O3/c1-9(2)11-7-5-3-4-6(10)8(7)12-9/h3,5-8,10H,4H2,1-2H3/t6-,7+,8-/m1/s1. The third-order valence-electron chi connectivity index (χ3n) is 2.25. The van der Waals surface area contributed by atoms with Gasteiger partial charge in [0.25, 0.3) is 0 Å². The molecular formula is C9H14O3. The van der Waals surface area contributed by atoms with Gasteiger partial charge in [-0.1, -0.05) is 12.2 Å². The molecule has 1 heterocycles. The van der Waals surface area contributed by atoms with E-state index in [2.05, 4.69) is 0 Å². The highest BCUT2D eigenvalue weighted by Gasteiger charge is 2.44. The summed E-state index contributed by atoms with van der Waals surface area (Å²) in [7, 11) is 0. The minimum atomic E-state index is -0.551. The van der Waals surface area contributed by atoms with Crippen LogP contribution in [0.3, 0.4) is 0 Å². The Morgan fingerprint density at radius 3 is 2.83 bits per heavy atom. The van der Waals surface area contributed by atoms with Gasteiger partial charge in [0.1, 0.15) is 12.2 Å². The molecule has 3 nitrogen and oxygen atoms in total. The zero-order valence-corrected chi connectivity index (χ0v) is 7.36. The van der Waals surface area contributed by atoms with E-state index in [9.17, 15) is 5.11 Å². The Morgan fingerprint density at radius 1 is 1.42 bits per heavy atom. The number of hydrogen-bond acceptors (Lipinski definition) is 3. The van der Waals surface area contributed by atoms with Crippen LogP contribution >= 0.6 is 0 Å². The Kier molecular flexibility index (Phi) is 1.75. The van der Waals surface area contributed by atoms with E-state index in [1.165, 1.54) is 0 Å². The number of fused-ring (bicyclic) bond motifs is 1. The van der Waals surface area contributed by atoms with Crippen LogP contribution in [-0.2, 0) is 9.47 Å². The van der Waals surface area contributed by atoms with Crippen LogP contribution in [0.1, 0.15) is 20.3 Å². The van der Waals surface area contributed by atoms with E-state index >= 15 is 0 Å². The first-order chi connectivity index (χ1) is 5.58. The van der Waals surface area contributed by atoms with E-state index in [0.29, 0.717) is 6.42 Å². The van der Waals surface area contributed by atoms with Gasteiger partial charge in [0.2, 0.25) is 0 Å². The van der Waals surface area contributed by atoms with Crippen LogP contribution in [0.4, 0.5) is 0 Å². The Balaban J connectivity index is 2.17. The first-order valence-corrected chi connectivity index (χ1v) is 4.29. The maximum atomic E-state index is 9.56. The van der Waals surface area contributed by atoms with Gasteiger partial charge in [0.15, 0.2) is 5.79 Å². The summed E-state index contributed by atoms with van der Waals surface area (Å²) < 4.78 is 11.1. The van der Waals surface area contributed by atoms with Crippen LogP contribution in [0.5, 0.6) is 0 Å². The van der Waals surface area contributed by atoms with Crippen LogP contribution in [0, 0.1) is 0 Å². The average molecular weight is 170 g/mol. The van der Waals surface area contributed by atoms with Gasteiger partial charge in [-0.3, -0.25) is 0 Å². The Morgan fingerprint density at radius 2 is 2.17 bits per heavy atom. The van der Waals surface area contributed by atoms with Gasteiger partial charge >= 0.3 is 0 Å². The quantitative estimate of drug-likeness (QED) is 0.547. The molecule has 1 aliphatic heterocycles. The number of rotatable bonds is 0. The van der Waals surface area contributed by atoms with Crippen molar-refractivity contribution in [2.45, 2.75) is 44.4 Å². The summed E-state index contributed by atoms with van der Waals surface area (Å²) in [6.07, 6.45) is 3.92. The maximum absolute atomic E-state index is 9.56. The van der Waals surface area contributed by atoms with Crippen molar-refractivity contribution in [3.05, 3.63) is 12.2 Å². The minimum Gasteiger partial charge on any atom is -0.390 e. The molecule has 0 radical (unpaired) electrons. The SMILES string of the molecule is CC1(C)O[C@@H]2[C@H](O)CC=C[C@@H]2O1. The molecular weight excluding hydrogens is 156 g/mol. The molecule has 1 fully saturated rings. The highest BCUT2D eigenvalue weighted by atomic mass is 16.8. The third-order valence-corrected chi connectivity index (χ3v) is 2.25. The third kappa shape index (κ3) is 1.28. The number of ether oxygens (including phenoxy) is 2. The Labute approximate surface area is 72.0 Å². The van der Waals surface area contributed by atoms with Crippen LogP contribution in [0.25, 0.3) is 0 Å². The first kappa shape index (κ1) is 8.23. The monoisotopic (exact) mass is 170 g/mol. The highest BCUT2D eigenvalue weighted by Crippen LogP contribution is 2.33. The zero-order valence-electron chi connectivity index (χ0n) is 7.36. The topological polar surface area (TPSA) is 38.7 Å². The lowest BCUT2D eigenvalue weighted by molar-refractivity contribution is -0.152. The van der Waals surface area contributed by atoms with E-state index in [1.807, 2.05) is 26.0 Å². The first-order valence-electron chi connectivity index (χ1n) is 4.29. The number of aliphatic hydroxyl groups excluding tert-OH is 1. The summed E-state index contributed by atoms with van der Waals surface area (Å²) in [6.45, 7) is 3.73. The summed E-state index contributed by atoms with van der Waals surface area (Å²) in [6, 6.07) is 0. The van der Waals surface area contributed by atoms with Crippen LogP contribution in [0.15, 0.2) is 12.2 Å². The number of aliphatic hydroxyl groups is 1. The molecule has 0 unspecified atom stereocenters. The fraction of sp³-hybridized carbons (Fsp3) is 0.778. The highest BCUT2D eigenvalue weighted by molar-refractivity contribution is 5.06. The zero-order chi connectivity index (χ0) is 8.77. The summed E-state index contributed by atoms with van der Waals surface area (Å²) >= 11 is 0. The fourth-order valence-electron chi connectivity index (χ4n) is 1.75. The van der Waals surface area contributed by atoms with Gasteiger partial charge < -0.3 is 14.6 Å². The van der Waals surface area contributed by atoms with Crippen molar-refractivity contribution in [1.29, 1.82) is 0 Å². The molecule has 3 atom stereocenters. The molecule has 68 valence electrons. The van der Waals surface area contributed by atoms with Crippen LogP contribution < -0.4 is 0 Å². The fourth-order valence-corrected chi connectivity index (χ4v) is 1.75. The van der Waals surface area contributed by atoms with Gasteiger partial charge in [0, 0.05) is 0 Å². The Bertz CT molecular complexity index is 210. The molecule has 0 amide bonds. The average Bonchev–Trinajstić information content (AvgIpc) is 2.25. The number of hydrogen-bond donors (Lipinski definition) is 1. The molecule has 2 rings (SSSR count). The lowest BCUT2D eigenvalue weighted by Gasteiger charge is -2.22. The molecule has 0 spiro atoms. The molecule has 0 aromatic heterocycles. The van der Waals surface area contributed by atoms with E-state index < -0.39 is 11.9 Å². The predicted molar refractivity (Wildman–Crippen MR) is 43.6 cm³/mol. The van der Waals surface area contributed by atoms with Crippen molar-refractivity contribution in [3.8, 4) is 0 Å². The maximum Gasteiger partial charge on any atom is 0.164 e. The van der Waals surface area contributed by atoms with Crippen molar-refractivity contribution >= 4 is 0 Å². The summed E-state index contributed by atoms with van der Waals surface area (Å²) in [5.41, 5.74) is 0. The molecule has 1 saturated heterocycles. The van der Waals surface area contributed by atoms with Crippen LogP contribution in [-0.4, -0.2) is 29.2 Å². The van der Waals surface area contributed by atoms with Gasteiger partial charge in [-0.2, -0.15) is 0 Å². The van der Waals surface area contributed by atoms with Gasteiger partial charge in [-0.15, -0.1) is 0 Å². The summed E-state index contributed by atoms with van der Waals surface area (Å²) in [5, 5.41) is 9.56. The summed E-state index contributed by atoms with van der Waals surface area (Å²) in [4.78, 5) is 0. The molecule has 0 saturated carbocycles. The normalized spacial score (nSPS) is 44.4. The smallest absolute Gasteiger partial charge is 0.164 e. The van der Waals surface area contributed by atoms with Crippen molar-refractivity contribution in [3.63, 3.8) is 0 Å². The molecule has 0 aromatic carbocycles. The van der Waals surface area contributed by atoms with E-state index in [1.54, 1.807) is 0 Å². The van der Waals surface area contributed by atoms with Crippen molar-refractivity contribution in [2.24, 2.45) is 0 Å². The molecule has 1 N–H and O–H groups in total. The Hall–Kier alpha value is -0.380. The van der Waals surface area contributed by atoms with Crippen molar-refractivity contribution in [2.75, 3.05) is 0 Å². The second kappa shape index (κ2) is 2.55. The minimum absolute atomic E-state index is 0.0660. The van der Waals surface area contributed by atoms with Crippen molar-refractivity contribution in [1.82, 2.24) is 0 Å². The summed E-state index contributed by atoms with van der Waals surface area (Å²) in [5.74, 6) is -0.551. The van der Waals surface area contributed by atoms with E-state index in [4.69, 9.17) is 9.47 Å². The van der Waals surface area contributed by atoms with Crippen LogP contribution in [0.2, 0.25) is 0 Å².